The van der Waals surface area contributed by atoms with Crippen molar-refractivity contribution in [1.82, 2.24) is 9.55 Å². The van der Waals surface area contributed by atoms with E-state index in [1.807, 2.05) is 29.0 Å². The Kier molecular flexibility index (Phi) is 3.86. The number of fused-ring (bicyclic) bond motifs is 1. The number of oxime groups is 1. The molecule has 108 valence electrons. The zero-order chi connectivity index (χ0) is 14.5. The first kappa shape index (κ1) is 13.2. The van der Waals surface area contributed by atoms with Crippen LogP contribution in [0.1, 0.15) is 5.56 Å². The van der Waals surface area contributed by atoms with Crippen molar-refractivity contribution in [1.29, 1.82) is 0 Å². The highest BCUT2D eigenvalue weighted by Gasteiger charge is 2.16. The lowest BCUT2D eigenvalue weighted by Gasteiger charge is -2.08. The predicted molar refractivity (Wildman–Crippen MR) is 77.5 cm³/mol. The van der Waals surface area contributed by atoms with Gasteiger partial charge in [0.2, 0.25) is 6.79 Å². The van der Waals surface area contributed by atoms with E-state index in [0.717, 1.165) is 22.8 Å². The number of hydrogen-bond donors (Lipinski definition) is 0. The molecule has 0 saturated heterocycles. The van der Waals surface area contributed by atoms with Gasteiger partial charge in [-0.1, -0.05) is 17.8 Å². The molecule has 0 amide bonds. The summed E-state index contributed by atoms with van der Waals surface area (Å²) >= 11 is 0. The van der Waals surface area contributed by atoms with Crippen LogP contribution in [0.2, 0.25) is 0 Å². The molecule has 0 saturated carbocycles. The second-order valence-corrected chi connectivity index (χ2v) is 4.43. The fourth-order valence-electron chi connectivity index (χ4n) is 1.97. The number of nitrogens with zero attached hydrogens (tertiary/aromatic N) is 3. The second-order valence-electron chi connectivity index (χ2n) is 4.43. The molecule has 2 heterocycles. The summed E-state index contributed by atoms with van der Waals surface area (Å²) in [5, 5.41) is 4.18. The molecular weight excluding hydrogens is 270 g/mol. The number of rotatable bonds is 6. The van der Waals surface area contributed by atoms with Crippen molar-refractivity contribution in [3.8, 4) is 11.5 Å². The number of aromatic nitrogens is 2. The Balaban J connectivity index is 1.86. The SMILES string of the molecule is C=CCO/N=C(\Cn1ccnc1)c1ccc2c(c1)OCO2. The molecule has 0 atom stereocenters. The van der Waals surface area contributed by atoms with Gasteiger partial charge in [0.15, 0.2) is 11.5 Å². The Morgan fingerprint density at radius 2 is 2.33 bits per heavy atom. The predicted octanol–water partition coefficient (Wildman–Crippen LogP) is 2.22. The van der Waals surface area contributed by atoms with E-state index >= 15 is 0 Å². The maximum absolute atomic E-state index is 5.40. The molecule has 2 aromatic rings. The van der Waals surface area contributed by atoms with Crippen molar-refractivity contribution >= 4 is 5.71 Å². The van der Waals surface area contributed by atoms with E-state index in [4.69, 9.17) is 14.3 Å². The molecule has 0 unspecified atom stereocenters. The summed E-state index contributed by atoms with van der Waals surface area (Å²) in [4.78, 5) is 9.26. The smallest absolute Gasteiger partial charge is 0.231 e. The summed E-state index contributed by atoms with van der Waals surface area (Å²) < 4.78 is 12.6. The molecule has 0 spiro atoms. The van der Waals surface area contributed by atoms with Crippen molar-refractivity contribution in [2.24, 2.45) is 5.16 Å². The van der Waals surface area contributed by atoms with Gasteiger partial charge < -0.3 is 18.9 Å². The normalized spacial score (nSPS) is 13.2. The Morgan fingerprint density at radius 3 is 3.14 bits per heavy atom. The van der Waals surface area contributed by atoms with Gasteiger partial charge in [0.1, 0.15) is 12.3 Å². The summed E-state index contributed by atoms with van der Waals surface area (Å²) in [5.74, 6) is 1.46. The van der Waals surface area contributed by atoms with E-state index in [-0.39, 0.29) is 6.79 Å². The quantitative estimate of drug-likeness (QED) is 0.353. The summed E-state index contributed by atoms with van der Waals surface area (Å²) in [6.07, 6.45) is 6.98. The largest absolute Gasteiger partial charge is 0.454 e. The van der Waals surface area contributed by atoms with Crippen LogP contribution in [0.3, 0.4) is 0 Å². The zero-order valence-electron chi connectivity index (χ0n) is 11.4. The van der Waals surface area contributed by atoms with Gasteiger partial charge in [0.25, 0.3) is 0 Å². The Labute approximate surface area is 122 Å². The summed E-state index contributed by atoms with van der Waals surface area (Å²) in [7, 11) is 0. The minimum absolute atomic E-state index is 0.250. The third kappa shape index (κ3) is 3.05. The Bertz CT molecular complexity index is 650. The van der Waals surface area contributed by atoms with Crippen molar-refractivity contribution in [3.05, 3.63) is 55.1 Å². The standard InChI is InChI=1S/C15H15N3O3/c1-2-7-21-17-13(9-18-6-5-16-10-18)12-3-4-14-15(8-12)20-11-19-14/h2-6,8,10H,1,7,9,11H2/b17-13+. The fraction of sp³-hybridized carbons (Fsp3) is 0.200. The molecular formula is C15H15N3O3. The van der Waals surface area contributed by atoms with Crippen LogP contribution in [0.4, 0.5) is 0 Å². The number of benzene rings is 1. The third-order valence-electron chi connectivity index (χ3n) is 2.96. The topological polar surface area (TPSA) is 57.9 Å². The first-order chi connectivity index (χ1) is 10.4. The van der Waals surface area contributed by atoms with Crippen LogP contribution < -0.4 is 9.47 Å². The van der Waals surface area contributed by atoms with Crippen LogP contribution in [-0.2, 0) is 11.4 Å². The molecule has 0 bridgehead atoms. The molecule has 6 heteroatoms. The summed E-state index contributed by atoms with van der Waals surface area (Å²) in [6, 6.07) is 5.70. The van der Waals surface area contributed by atoms with Crippen molar-refractivity contribution < 1.29 is 14.3 Å². The lowest BCUT2D eigenvalue weighted by molar-refractivity contribution is 0.173. The average molecular weight is 285 g/mol. The summed E-state index contributed by atoms with van der Waals surface area (Å²) in [5.41, 5.74) is 1.69. The van der Waals surface area contributed by atoms with Crippen molar-refractivity contribution in [2.45, 2.75) is 6.54 Å². The fourth-order valence-corrected chi connectivity index (χ4v) is 1.97. The number of imidazole rings is 1. The first-order valence-electron chi connectivity index (χ1n) is 6.52. The van der Waals surface area contributed by atoms with E-state index in [0.29, 0.717) is 13.2 Å². The molecule has 1 aliphatic rings. The van der Waals surface area contributed by atoms with Gasteiger partial charge in [-0.05, 0) is 18.2 Å². The molecule has 0 radical (unpaired) electrons. The van der Waals surface area contributed by atoms with Crippen LogP contribution in [-0.4, -0.2) is 28.7 Å². The van der Waals surface area contributed by atoms with Crippen LogP contribution in [0.15, 0.2) is 54.7 Å². The van der Waals surface area contributed by atoms with Crippen molar-refractivity contribution in [2.75, 3.05) is 13.4 Å². The summed E-state index contributed by atoms with van der Waals surface area (Å²) in [6.45, 7) is 4.77. The van der Waals surface area contributed by atoms with Gasteiger partial charge in [0, 0.05) is 18.0 Å². The minimum atomic E-state index is 0.250. The Hall–Kier alpha value is -2.76. The van der Waals surface area contributed by atoms with E-state index in [1.165, 1.54) is 0 Å². The lowest BCUT2D eigenvalue weighted by atomic mass is 10.1. The van der Waals surface area contributed by atoms with Crippen LogP contribution in [0.5, 0.6) is 11.5 Å². The van der Waals surface area contributed by atoms with Gasteiger partial charge >= 0.3 is 0 Å². The molecule has 1 aliphatic heterocycles. The van der Waals surface area contributed by atoms with Gasteiger partial charge in [0.05, 0.1) is 12.9 Å². The van der Waals surface area contributed by atoms with Crippen LogP contribution >= 0.6 is 0 Å². The van der Waals surface area contributed by atoms with E-state index in [2.05, 4.69) is 16.7 Å². The molecule has 1 aromatic heterocycles. The van der Waals surface area contributed by atoms with Gasteiger partial charge in [-0.2, -0.15) is 0 Å². The second kappa shape index (κ2) is 6.13. The van der Waals surface area contributed by atoms with Gasteiger partial charge in [-0.25, -0.2) is 4.98 Å². The van der Waals surface area contributed by atoms with Crippen LogP contribution in [0, 0.1) is 0 Å². The zero-order valence-corrected chi connectivity index (χ0v) is 11.4. The monoisotopic (exact) mass is 285 g/mol. The van der Waals surface area contributed by atoms with E-state index < -0.39 is 0 Å². The number of ether oxygens (including phenoxy) is 2. The average Bonchev–Trinajstić information content (AvgIpc) is 3.16. The molecule has 1 aromatic carbocycles. The van der Waals surface area contributed by atoms with Gasteiger partial charge in [-0.15, -0.1) is 0 Å². The highest BCUT2D eigenvalue weighted by Crippen LogP contribution is 2.32. The maximum atomic E-state index is 5.40. The van der Waals surface area contributed by atoms with E-state index in [1.54, 1.807) is 18.6 Å². The highest BCUT2D eigenvalue weighted by atomic mass is 16.7. The molecule has 0 N–H and O–H groups in total. The highest BCUT2D eigenvalue weighted by molar-refractivity contribution is 6.00. The van der Waals surface area contributed by atoms with Crippen LogP contribution in [0.25, 0.3) is 0 Å². The Morgan fingerprint density at radius 1 is 1.43 bits per heavy atom. The first-order valence-corrected chi connectivity index (χ1v) is 6.52. The molecule has 0 fully saturated rings. The third-order valence-corrected chi connectivity index (χ3v) is 2.96. The molecule has 0 aliphatic carbocycles. The van der Waals surface area contributed by atoms with E-state index in [9.17, 15) is 0 Å². The molecule has 3 rings (SSSR count). The molecule has 21 heavy (non-hydrogen) atoms. The minimum Gasteiger partial charge on any atom is -0.454 e. The molecule has 6 nitrogen and oxygen atoms in total. The maximum Gasteiger partial charge on any atom is 0.231 e. The number of hydrogen-bond acceptors (Lipinski definition) is 5. The van der Waals surface area contributed by atoms with Gasteiger partial charge in [-0.3, -0.25) is 0 Å². The lowest BCUT2D eigenvalue weighted by Crippen LogP contribution is -2.11. The van der Waals surface area contributed by atoms with Crippen molar-refractivity contribution in [3.63, 3.8) is 0 Å².